The van der Waals surface area contributed by atoms with E-state index in [1.165, 1.54) is 7.11 Å². The number of aromatic amines is 1. The van der Waals surface area contributed by atoms with Crippen molar-refractivity contribution in [3.8, 4) is 11.1 Å². The van der Waals surface area contributed by atoms with Crippen LogP contribution in [0.15, 0.2) is 72.8 Å². The van der Waals surface area contributed by atoms with E-state index in [4.69, 9.17) is 16.3 Å². The maximum Gasteiger partial charge on any atom is 0.310 e. The first-order valence-corrected chi connectivity index (χ1v) is 9.51. The fourth-order valence-electron chi connectivity index (χ4n) is 3.41. The minimum atomic E-state index is -0.408. The van der Waals surface area contributed by atoms with Gasteiger partial charge < -0.3 is 9.72 Å². The fraction of sp³-hybridized carbons (Fsp3) is 0.0833. The summed E-state index contributed by atoms with van der Waals surface area (Å²) in [4.78, 5) is 28.3. The summed E-state index contributed by atoms with van der Waals surface area (Å²) < 4.78 is 4.81. The summed E-state index contributed by atoms with van der Waals surface area (Å²) >= 11 is 6.09. The van der Waals surface area contributed by atoms with Gasteiger partial charge in [-0.25, -0.2) is 0 Å². The van der Waals surface area contributed by atoms with Crippen LogP contribution in [0.4, 0.5) is 0 Å². The Kier molecular flexibility index (Phi) is 5.19. The van der Waals surface area contributed by atoms with Crippen LogP contribution in [-0.4, -0.2) is 23.8 Å². The highest BCUT2D eigenvalue weighted by molar-refractivity contribution is 6.31. The van der Waals surface area contributed by atoms with Gasteiger partial charge in [0.25, 0.3) is 0 Å². The zero-order valence-corrected chi connectivity index (χ0v) is 16.5. The van der Waals surface area contributed by atoms with E-state index in [0.717, 1.165) is 16.5 Å². The number of H-pyrrole nitrogens is 1. The quantitative estimate of drug-likeness (QED) is 0.357. The molecule has 0 saturated carbocycles. The third-order valence-electron chi connectivity index (χ3n) is 4.90. The molecule has 0 aliphatic rings. The number of ether oxygens (including phenoxy) is 1. The number of fused-ring (bicyclic) bond motifs is 1. The maximum atomic E-state index is 13.2. The van der Waals surface area contributed by atoms with Crippen LogP contribution in [0.1, 0.15) is 21.6 Å². The van der Waals surface area contributed by atoms with Crippen molar-refractivity contribution in [3.63, 3.8) is 0 Å². The van der Waals surface area contributed by atoms with E-state index in [-0.39, 0.29) is 12.2 Å². The van der Waals surface area contributed by atoms with Crippen LogP contribution in [0.2, 0.25) is 5.02 Å². The molecule has 4 rings (SSSR count). The van der Waals surface area contributed by atoms with Gasteiger partial charge in [0.05, 0.1) is 19.2 Å². The number of methoxy groups -OCH3 is 1. The molecule has 0 fully saturated rings. The second kappa shape index (κ2) is 7.94. The number of carbonyl (C=O) groups excluding carboxylic acids is 2. The standard InChI is InChI=1S/C24H18ClNO3/c1-29-22(27)14-20-19-12-11-18(25)13-21(19)26-23(20)24(28)17-9-7-16(8-10-17)15-5-3-2-4-6-15/h2-13,26H,14H2,1H3. The smallest absolute Gasteiger partial charge is 0.310 e. The summed E-state index contributed by atoms with van der Waals surface area (Å²) in [7, 11) is 1.33. The average Bonchev–Trinajstić information content (AvgIpc) is 3.11. The van der Waals surface area contributed by atoms with Crippen molar-refractivity contribution >= 4 is 34.3 Å². The predicted octanol–water partition coefficient (Wildman–Crippen LogP) is 5.43. The second-order valence-corrected chi connectivity index (χ2v) is 7.13. The third-order valence-corrected chi connectivity index (χ3v) is 5.13. The molecule has 1 N–H and O–H groups in total. The van der Waals surface area contributed by atoms with Crippen molar-refractivity contribution in [1.29, 1.82) is 0 Å². The number of halogens is 1. The van der Waals surface area contributed by atoms with Crippen molar-refractivity contribution in [3.05, 3.63) is 94.6 Å². The molecule has 0 unspecified atom stereocenters. The van der Waals surface area contributed by atoms with E-state index in [2.05, 4.69) is 4.98 Å². The molecular weight excluding hydrogens is 386 g/mol. The average molecular weight is 404 g/mol. The van der Waals surface area contributed by atoms with E-state index in [0.29, 0.717) is 27.4 Å². The highest BCUT2D eigenvalue weighted by atomic mass is 35.5. The van der Waals surface area contributed by atoms with E-state index < -0.39 is 5.97 Å². The molecule has 3 aromatic carbocycles. The number of benzene rings is 3. The van der Waals surface area contributed by atoms with Gasteiger partial charge in [0.1, 0.15) is 0 Å². The predicted molar refractivity (Wildman–Crippen MR) is 114 cm³/mol. The Morgan fingerprint density at radius 2 is 1.62 bits per heavy atom. The lowest BCUT2D eigenvalue weighted by Crippen LogP contribution is -2.10. The van der Waals surface area contributed by atoms with Crippen LogP contribution in [0.3, 0.4) is 0 Å². The van der Waals surface area contributed by atoms with Crippen molar-refractivity contribution in [2.75, 3.05) is 7.11 Å². The second-order valence-electron chi connectivity index (χ2n) is 6.69. The summed E-state index contributed by atoms with van der Waals surface area (Å²) in [5.41, 5.74) is 4.34. The molecule has 0 bridgehead atoms. The van der Waals surface area contributed by atoms with Gasteiger partial charge in [0.15, 0.2) is 0 Å². The molecule has 4 nitrogen and oxygen atoms in total. The molecule has 0 aliphatic heterocycles. The molecule has 0 spiro atoms. The van der Waals surface area contributed by atoms with Gasteiger partial charge >= 0.3 is 5.97 Å². The number of esters is 1. The zero-order chi connectivity index (χ0) is 20.4. The van der Waals surface area contributed by atoms with Crippen LogP contribution in [0, 0.1) is 0 Å². The number of hydrogen-bond acceptors (Lipinski definition) is 3. The fourth-order valence-corrected chi connectivity index (χ4v) is 3.58. The number of nitrogens with one attached hydrogen (secondary N) is 1. The number of rotatable bonds is 5. The lowest BCUT2D eigenvalue weighted by molar-refractivity contribution is -0.139. The Labute approximate surface area is 173 Å². The molecule has 4 aromatic rings. The highest BCUT2D eigenvalue weighted by Crippen LogP contribution is 2.28. The van der Waals surface area contributed by atoms with Crippen LogP contribution in [0.25, 0.3) is 22.0 Å². The molecule has 0 saturated heterocycles. The van der Waals surface area contributed by atoms with Crippen LogP contribution < -0.4 is 0 Å². The number of carbonyl (C=O) groups is 2. The van der Waals surface area contributed by atoms with Gasteiger partial charge in [-0.05, 0) is 23.3 Å². The number of aromatic nitrogens is 1. The van der Waals surface area contributed by atoms with Crippen molar-refractivity contribution in [1.82, 2.24) is 4.98 Å². The van der Waals surface area contributed by atoms with Crippen molar-refractivity contribution < 1.29 is 14.3 Å². The zero-order valence-electron chi connectivity index (χ0n) is 15.7. The van der Waals surface area contributed by atoms with Crippen molar-refractivity contribution in [2.24, 2.45) is 0 Å². The van der Waals surface area contributed by atoms with Gasteiger partial charge in [-0.1, -0.05) is 72.3 Å². The first kappa shape index (κ1) is 19.0. The van der Waals surface area contributed by atoms with E-state index >= 15 is 0 Å². The van der Waals surface area contributed by atoms with E-state index in [9.17, 15) is 9.59 Å². The molecule has 0 amide bonds. The lowest BCUT2D eigenvalue weighted by atomic mass is 9.99. The SMILES string of the molecule is COC(=O)Cc1c(C(=O)c2ccc(-c3ccccc3)cc2)[nH]c2cc(Cl)ccc12. The Morgan fingerprint density at radius 1 is 0.931 bits per heavy atom. The first-order valence-electron chi connectivity index (χ1n) is 9.14. The van der Waals surface area contributed by atoms with Gasteiger partial charge in [0, 0.05) is 27.1 Å². The molecule has 0 aliphatic carbocycles. The summed E-state index contributed by atoms with van der Waals surface area (Å²) in [6, 6.07) is 22.7. The van der Waals surface area contributed by atoms with Crippen molar-refractivity contribution in [2.45, 2.75) is 6.42 Å². The van der Waals surface area contributed by atoms with Gasteiger partial charge in [-0.2, -0.15) is 0 Å². The van der Waals surface area contributed by atoms with Gasteiger partial charge in [-0.3, -0.25) is 9.59 Å². The molecule has 5 heteroatoms. The van der Waals surface area contributed by atoms with Crippen LogP contribution >= 0.6 is 11.6 Å². The van der Waals surface area contributed by atoms with Crippen LogP contribution in [-0.2, 0) is 16.0 Å². The number of ketones is 1. The molecular formula is C24H18ClNO3. The monoisotopic (exact) mass is 403 g/mol. The molecule has 29 heavy (non-hydrogen) atoms. The Bertz CT molecular complexity index is 1190. The minimum absolute atomic E-state index is 0.00129. The Hall–Kier alpha value is -3.37. The highest BCUT2D eigenvalue weighted by Gasteiger charge is 2.21. The molecule has 0 radical (unpaired) electrons. The van der Waals surface area contributed by atoms with E-state index in [1.807, 2.05) is 48.5 Å². The summed E-state index contributed by atoms with van der Waals surface area (Å²) in [5, 5.41) is 1.33. The Morgan fingerprint density at radius 3 is 2.31 bits per heavy atom. The summed E-state index contributed by atoms with van der Waals surface area (Å²) in [6.07, 6.45) is 0.00129. The maximum absolute atomic E-state index is 13.2. The van der Waals surface area contributed by atoms with Gasteiger partial charge in [0.2, 0.25) is 5.78 Å². The Balaban J connectivity index is 1.74. The normalized spacial score (nSPS) is 10.8. The lowest BCUT2D eigenvalue weighted by Gasteiger charge is -2.06. The largest absolute Gasteiger partial charge is 0.469 e. The van der Waals surface area contributed by atoms with Gasteiger partial charge in [-0.15, -0.1) is 0 Å². The molecule has 1 heterocycles. The number of hydrogen-bond donors (Lipinski definition) is 1. The summed E-state index contributed by atoms with van der Waals surface area (Å²) in [5.74, 6) is -0.592. The molecule has 1 aromatic heterocycles. The summed E-state index contributed by atoms with van der Waals surface area (Å²) in [6.45, 7) is 0. The minimum Gasteiger partial charge on any atom is -0.469 e. The molecule has 144 valence electrons. The topological polar surface area (TPSA) is 59.2 Å². The van der Waals surface area contributed by atoms with Crippen LogP contribution in [0.5, 0.6) is 0 Å². The third kappa shape index (κ3) is 3.80. The molecule has 0 atom stereocenters. The first-order chi connectivity index (χ1) is 14.1. The van der Waals surface area contributed by atoms with E-state index in [1.54, 1.807) is 24.3 Å².